The molecule has 1 saturated heterocycles. The van der Waals surface area contributed by atoms with Crippen molar-refractivity contribution >= 4 is 11.6 Å². The minimum atomic E-state index is -0.553. The Morgan fingerprint density at radius 3 is 2.19 bits per heavy atom. The van der Waals surface area contributed by atoms with Crippen LogP contribution in [0.2, 0.25) is 0 Å². The Balaban J connectivity index is 1.55. The number of carbonyl (C=O) groups is 1. The molecule has 1 aliphatic heterocycles. The SMILES string of the molecule is Cc1ccc(N(C(=O)c2ccccc2)C2CCN(Cc3c(F)cccc3F)CC2)cc1F. The summed E-state index contributed by atoms with van der Waals surface area (Å²) in [7, 11) is 0. The van der Waals surface area contributed by atoms with Crippen LogP contribution in [0.15, 0.2) is 66.7 Å². The lowest BCUT2D eigenvalue weighted by molar-refractivity contribution is 0.0958. The molecule has 1 fully saturated rings. The van der Waals surface area contributed by atoms with Gasteiger partial charge in [0, 0.05) is 42.5 Å². The summed E-state index contributed by atoms with van der Waals surface area (Å²) in [4.78, 5) is 17.0. The van der Waals surface area contributed by atoms with Gasteiger partial charge in [0.15, 0.2) is 0 Å². The van der Waals surface area contributed by atoms with Crippen molar-refractivity contribution in [2.45, 2.75) is 32.4 Å². The van der Waals surface area contributed by atoms with E-state index in [-0.39, 0.29) is 29.9 Å². The van der Waals surface area contributed by atoms with Crippen molar-refractivity contribution in [3.8, 4) is 0 Å². The average molecular weight is 438 g/mol. The topological polar surface area (TPSA) is 23.6 Å². The zero-order chi connectivity index (χ0) is 22.7. The van der Waals surface area contributed by atoms with Gasteiger partial charge in [-0.05, 0) is 61.7 Å². The summed E-state index contributed by atoms with van der Waals surface area (Å²) >= 11 is 0. The second kappa shape index (κ2) is 9.57. The molecular formula is C26H25F3N2O. The molecule has 1 aliphatic rings. The molecule has 0 atom stereocenters. The fourth-order valence-electron chi connectivity index (χ4n) is 4.19. The van der Waals surface area contributed by atoms with Gasteiger partial charge in [0.05, 0.1) is 0 Å². The smallest absolute Gasteiger partial charge is 0.258 e. The van der Waals surface area contributed by atoms with Crippen LogP contribution in [0.5, 0.6) is 0 Å². The first-order valence-corrected chi connectivity index (χ1v) is 10.7. The summed E-state index contributed by atoms with van der Waals surface area (Å²) in [5, 5.41) is 0. The minimum Gasteiger partial charge on any atom is -0.305 e. The quantitative estimate of drug-likeness (QED) is 0.508. The Bertz CT molecular complexity index is 1080. The molecule has 0 spiro atoms. The van der Waals surface area contributed by atoms with Gasteiger partial charge in [0.1, 0.15) is 17.5 Å². The molecule has 0 saturated carbocycles. The summed E-state index contributed by atoms with van der Waals surface area (Å²) in [5.74, 6) is -1.65. The number of nitrogens with zero attached hydrogens (tertiary/aromatic N) is 2. The monoisotopic (exact) mass is 438 g/mol. The van der Waals surface area contributed by atoms with Crippen LogP contribution in [0.25, 0.3) is 0 Å². The number of benzene rings is 3. The molecule has 0 radical (unpaired) electrons. The first kappa shape index (κ1) is 22.1. The highest BCUT2D eigenvalue weighted by Gasteiger charge is 2.30. The van der Waals surface area contributed by atoms with Crippen molar-refractivity contribution in [3.05, 3.63) is 101 Å². The molecule has 0 unspecified atom stereocenters. The summed E-state index contributed by atoms with van der Waals surface area (Å²) in [5.41, 5.74) is 1.62. The van der Waals surface area contributed by atoms with E-state index >= 15 is 0 Å². The summed E-state index contributed by atoms with van der Waals surface area (Å²) in [6, 6.07) is 17.5. The molecule has 6 heteroatoms. The zero-order valence-corrected chi connectivity index (χ0v) is 17.9. The van der Waals surface area contributed by atoms with Gasteiger partial charge in [-0.3, -0.25) is 9.69 Å². The van der Waals surface area contributed by atoms with Gasteiger partial charge < -0.3 is 4.90 Å². The molecule has 0 N–H and O–H groups in total. The van der Waals surface area contributed by atoms with Crippen molar-refractivity contribution in [2.75, 3.05) is 18.0 Å². The van der Waals surface area contributed by atoms with E-state index in [1.54, 1.807) is 48.2 Å². The fraction of sp³-hybridized carbons (Fsp3) is 0.269. The lowest BCUT2D eigenvalue weighted by Gasteiger charge is -2.38. The van der Waals surface area contributed by atoms with Crippen LogP contribution in [0.3, 0.4) is 0 Å². The fourth-order valence-corrected chi connectivity index (χ4v) is 4.19. The molecule has 3 nitrogen and oxygen atoms in total. The Labute approximate surface area is 186 Å². The highest BCUT2D eigenvalue weighted by Crippen LogP contribution is 2.28. The van der Waals surface area contributed by atoms with Crippen LogP contribution >= 0.6 is 0 Å². The highest BCUT2D eigenvalue weighted by molar-refractivity contribution is 6.06. The largest absolute Gasteiger partial charge is 0.305 e. The average Bonchev–Trinajstić information content (AvgIpc) is 2.80. The molecule has 0 bridgehead atoms. The first-order chi connectivity index (χ1) is 15.4. The van der Waals surface area contributed by atoms with Gasteiger partial charge >= 0.3 is 0 Å². The Hall–Kier alpha value is -3.12. The Morgan fingerprint density at radius 1 is 0.906 bits per heavy atom. The van der Waals surface area contributed by atoms with Gasteiger partial charge in [0.25, 0.3) is 5.91 Å². The number of hydrogen-bond donors (Lipinski definition) is 0. The summed E-state index contributed by atoms with van der Waals surface area (Å²) in [6.07, 6.45) is 1.23. The van der Waals surface area contributed by atoms with Gasteiger partial charge in [0.2, 0.25) is 0 Å². The lowest BCUT2D eigenvalue weighted by atomic mass is 9.99. The summed E-state index contributed by atoms with van der Waals surface area (Å²) in [6.45, 7) is 3.01. The normalized spacial score (nSPS) is 15.0. The van der Waals surface area contributed by atoms with Crippen molar-refractivity contribution in [1.82, 2.24) is 4.90 Å². The van der Waals surface area contributed by atoms with Crippen LogP contribution in [0.4, 0.5) is 18.9 Å². The minimum absolute atomic E-state index is 0.0590. The maximum Gasteiger partial charge on any atom is 0.258 e. The molecule has 1 heterocycles. The zero-order valence-electron chi connectivity index (χ0n) is 17.9. The highest BCUT2D eigenvalue weighted by atomic mass is 19.1. The standard InChI is InChI=1S/C26H25F3N2O/c1-18-10-11-21(16-25(18)29)31(26(32)19-6-3-2-4-7-19)20-12-14-30(15-13-20)17-22-23(27)8-5-9-24(22)28/h2-11,16,20H,12-15,17H2,1H3. The van der Waals surface area contributed by atoms with Crippen molar-refractivity contribution < 1.29 is 18.0 Å². The van der Waals surface area contributed by atoms with E-state index in [2.05, 4.69) is 0 Å². The third kappa shape index (κ3) is 4.70. The van der Waals surface area contributed by atoms with Gasteiger partial charge in [-0.15, -0.1) is 0 Å². The molecule has 3 aromatic carbocycles. The first-order valence-electron chi connectivity index (χ1n) is 10.7. The second-order valence-corrected chi connectivity index (χ2v) is 8.18. The van der Waals surface area contributed by atoms with Crippen molar-refractivity contribution in [3.63, 3.8) is 0 Å². The van der Waals surface area contributed by atoms with Crippen LogP contribution in [-0.4, -0.2) is 29.9 Å². The molecule has 0 aliphatic carbocycles. The van der Waals surface area contributed by atoms with E-state index in [0.717, 1.165) is 0 Å². The van der Waals surface area contributed by atoms with E-state index in [4.69, 9.17) is 0 Å². The third-order valence-corrected chi connectivity index (χ3v) is 6.04. The van der Waals surface area contributed by atoms with E-state index in [0.29, 0.717) is 42.7 Å². The number of likely N-dealkylation sites (tertiary alicyclic amines) is 1. The number of aryl methyl sites for hydroxylation is 1. The molecule has 32 heavy (non-hydrogen) atoms. The van der Waals surface area contributed by atoms with Crippen LogP contribution in [0, 0.1) is 24.4 Å². The predicted molar refractivity (Wildman–Crippen MR) is 119 cm³/mol. The van der Waals surface area contributed by atoms with Crippen molar-refractivity contribution in [2.24, 2.45) is 0 Å². The maximum atomic E-state index is 14.3. The molecular weight excluding hydrogens is 413 g/mol. The van der Waals surface area contributed by atoms with E-state index in [1.807, 2.05) is 11.0 Å². The van der Waals surface area contributed by atoms with E-state index < -0.39 is 11.6 Å². The summed E-state index contributed by atoms with van der Waals surface area (Å²) < 4.78 is 42.4. The molecule has 0 aromatic heterocycles. The van der Waals surface area contributed by atoms with E-state index in [1.165, 1.54) is 24.3 Å². The lowest BCUT2D eigenvalue weighted by Crippen LogP contribution is -2.47. The number of anilines is 1. The second-order valence-electron chi connectivity index (χ2n) is 8.18. The van der Waals surface area contributed by atoms with Crippen LogP contribution in [0.1, 0.15) is 34.3 Å². The van der Waals surface area contributed by atoms with Crippen molar-refractivity contribution in [1.29, 1.82) is 0 Å². The third-order valence-electron chi connectivity index (χ3n) is 6.04. The molecule has 4 rings (SSSR count). The Kier molecular flexibility index (Phi) is 6.61. The molecule has 3 aromatic rings. The van der Waals surface area contributed by atoms with Crippen LogP contribution in [-0.2, 0) is 6.54 Å². The molecule has 166 valence electrons. The number of rotatable bonds is 5. The Morgan fingerprint density at radius 2 is 1.56 bits per heavy atom. The van der Waals surface area contributed by atoms with Gasteiger partial charge in [-0.25, -0.2) is 13.2 Å². The van der Waals surface area contributed by atoms with Gasteiger partial charge in [-0.2, -0.15) is 0 Å². The number of amides is 1. The number of hydrogen-bond acceptors (Lipinski definition) is 2. The van der Waals surface area contributed by atoms with Crippen LogP contribution < -0.4 is 4.90 Å². The number of halogens is 3. The number of carbonyl (C=O) groups excluding carboxylic acids is 1. The molecule has 1 amide bonds. The number of piperidine rings is 1. The maximum absolute atomic E-state index is 14.3. The van der Waals surface area contributed by atoms with Gasteiger partial charge in [-0.1, -0.05) is 30.3 Å². The predicted octanol–water partition coefficient (Wildman–Crippen LogP) is 5.72. The van der Waals surface area contributed by atoms with E-state index in [9.17, 15) is 18.0 Å².